The molecule has 1 fully saturated rings. The molecular weight excluding hydrogens is 346 g/mol. The number of carbonyl (C=O) groups is 1. The van der Waals surface area contributed by atoms with Crippen molar-refractivity contribution in [2.45, 2.75) is 52.1 Å². The van der Waals surface area contributed by atoms with E-state index in [1.807, 2.05) is 31.7 Å². The molecule has 3 aromatic heterocycles. The molecular formula is C18H23N7O2. The molecule has 0 spiro atoms. The second kappa shape index (κ2) is 6.64. The van der Waals surface area contributed by atoms with E-state index in [9.17, 15) is 9.59 Å². The first-order valence-corrected chi connectivity index (χ1v) is 9.27. The number of carbonyl (C=O) groups excluding carboxylic acids is 1. The summed E-state index contributed by atoms with van der Waals surface area (Å²) in [6.45, 7) is 6.31. The summed E-state index contributed by atoms with van der Waals surface area (Å²) in [6.07, 6.45) is 5.37. The van der Waals surface area contributed by atoms with Crippen LogP contribution in [0.5, 0.6) is 0 Å². The number of nitrogens with zero attached hydrogens (tertiary/aromatic N) is 6. The van der Waals surface area contributed by atoms with Crippen molar-refractivity contribution in [2.24, 2.45) is 0 Å². The van der Waals surface area contributed by atoms with Crippen molar-refractivity contribution < 1.29 is 4.79 Å². The largest absolute Gasteiger partial charge is 0.332 e. The number of fused-ring (bicyclic) bond motifs is 1. The van der Waals surface area contributed by atoms with Gasteiger partial charge in [0.1, 0.15) is 18.7 Å². The Morgan fingerprint density at radius 1 is 1.44 bits per heavy atom. The Kier molecular flexibility index (Phi) is 4.29. The van der Waals surface area contributed by atoms with Crippen LogP contribution >= 0.6 is 0 Å². The summed E-state index contributed by atoms with van der Waals surface area (Å²) in [4.78, 5) is 36.0. The number of H-pyrrole nitrogens is 1. The van der Waals surface area contributed by atoms with Crippen LogP contribution in [0.4, 0.5) is 0 Å². The van der Waals surface area contributed by atoms with E-state index in [1.165, 1.54) is 10.8 Å². The zero-order valence-corrected chi connectivity index (χ0v) is 15.7. The van der Waals surface area contributed by atoms with Crippen molar-refractivity contribution in [3.05, 3.63) is 46.0 Å². The normalized spacial score (nSPS) is 18.3. The van der Waals surface area contributed by atoms with Crippen LogP contribution < -0.4 is 5.56 Å². The summed E-state index contributed by atoms with van der Waals surface area (Å²) in [5, 5.41) is 7.26. The van der Waals surface area contributed by atoms with Crippen LogP contribution in [0.25, 0.3) is 5.65 Å². The quantitative estimate of drug-likeness (QED) is 0.749. The molecule has 0 radical (unpaired) electrons. The molecule has 0 unspecified atom stereocenters. The molecule has 1 N–H and O–H groups in total. The van der Waals surface area contributed by atoms with Crippen LogP contribution in [0.1, 0.15) is 55.7 Å². The third-order valence-electron chi connectivity index (χ3n) is 5.37. The fourth-order valence-corrected chi connectivity index (χ4v) is 3.89. The molecule has 1 amide bonds. The molecule has 0 bridgehead atoms. The first-order chi connectivity index (χ1) is 13.0. The van der Waals surface area contributed by atoms with Gasteiger partial charge in [0.25, 0.3) is 5.56 Å². The molecule has 4 heterocycles. The van der Waals surface area contributed by atoms with Gasteiger partial charge in [0.05, 0.1) is 11.7 Å². The smallest absolute Gasteiger partial charge is 0.276 e. The number of hydrogen-bond acceptors (Lipinski definition) is 5. The van der Waals surface area contributed by atoms with Gasteiger partial charge in [-0.05, 0) is 33.1 Å². The summed E-state index contributed by atoms with van der Waals surface area (Å²) in [7, 11) is 0. The van der Waals surface area contributed by atoms with Crippen LogP contribution in [0, 0.1) is 6.92 Å². The standard InChI is InChI=1S/C18H23N7O2/c1-4-13-11(2)21-16-8-14(22-25(16)18(13)27)15-6-5-7-23(15)17(26)12(3)24-10-19-9-20-24/h8-10,12,15,22H,4-7H2,1-3H3/t12-,15+/m0/s1. The fourth-order valence-electron chi connectivity index (χ4n) is 3.89. The Morgan fingerprint density at radius 2 is 2.26 bits per heavy atom. The summed E-state index contributed by atoms with van der Waals surface area (Å²) in [6, 6.07) is 1.35. The van der Waals surface area contributed by atoms with E-state index < -0.39 is 6.04 Å². The lowest BCUT2D eigenvalue weighted by Crippen LogP contribution is -2.36. The number of aromatic amines is 1. The van der Waals surface area contributed by atoms with Gasteiger partial charge in [-0.3, -0.25) is 14.7 Å². The molecule has 1 saturated heterocycles. The van der Waals surface area contributed by atoms with Crippen molar-refractivity contribution in [3.8, 4) is 0 Å². The molecule has 27 heavy (non-hydrogen) atoms. The monoisotopic (exact) mass is 369 g/mol. The minimum absolute atomic E-state index is 0.00705. The average molecular weight is 369 g/mol. The highest BCUT2D eigenvalue weighted by Crippen LogP contribution is 2.33. The Morgan fingerprint density at radius 3 is 2.96 bits per heavy atom. The maximum absolute atomic E-state index is 13.0. The highest BCUT2D eigenvalue weighted by Gasteiger charge is 2.34. The Bertz CT molecular complexity index is 1030. The molecule has 9 nitrogen and oxygen atoms in total. The second-order valence-electron chi connectivity index (χ2n) is 6.98. The summed E-state index contributed by atoms with van der Waals surface area (Å²) < 4.78 is 3.05. The first-order valence-electron chi connectivity index (χ1n) is 9.27. The Hall–Kier alpha value is -2.97. The van der Waals surface area contributed by atoms with Crippen LogP contribution in [-0.2, 0) is 11.2 Å². The lowest BCUT2D eigenvalue weighted by atomic mass is 10.1. The van der Waals surface area contributed by atoms with Crippen LogP contribution in [0.15, 0.2) is 23.5 Å². The van der Waals surface area contributed by atoms with Crippen molar-refractivity contribution in [3.63, 3.8) is 0 Å². The third kappa shape index (κ3) is 2.83. The van der Waals surface area contributed by atoms with E-state index in [4.69, 9.17) is 0 Å². The Labute approximate surface area is 156 Å². The number of hydrogen-bond donors (Lipinski definition) is 1. The van der Waals surface area contributed by atoms with Crippen molar-refractivity contribution in [1.82, 2.24) is 34.3 Å². The van der Waals surface area contributed by atoms with Gasteiger partial charge >= 0.3 is 0 Å². The lowest BCUT2D eigenvalue weighted by molar-refractivity contribution is -0.135. The maximum atomic E-state index is 13.0. The average Bonchev–Trinajstić information content (AvgIpc) is 3.39. The van der Waals surface area contributed by atoms with Crippen molar-refractivity contribution >= 4 is 11.6 Å². The van der Waals surface area contributed by atoms with E-state index >= 15 is 0 Å². The van der Waals surface area contributed by atoms with E-state index in [0.29, 0.717) is 24.2 Å². The molecule has 1 aliphatic heterocycles. The molecule has 0 aromatic carbocycles. The molecule has 3 aromatic rings. The van der Waals surface area contributed by atoms with Gasteiger partial charge in [-0.15, -0.1) is 0 Å². The summed E-state index contributed by atoms with van der Waals surface area (Å²) in [5.74, 6) is -0.00705. The van der Waals surface area contributed by atoms with E-state index in [1.54, 1.807) is 11.0 Å². The van der Waals surface area contributed by atoms with E-state index in [2.05, 4.69) is 20.2 Å². The van der Waals surface area contributed by atoms with Gasteiger partial charge in [-0.1, -0.05) is 6.92 Å². The van der Waals surface area contributed by atoms with Gasteiger partial charge in [-0.2, -0.15) is 5.10 Å². The Balaban J connectivity index is 1.69. The molecule has 9 heteroatoms. The molecule has 1 aliphatic rings. The number of rotatable bonds is 4. The molecule has 0 saturated carbocycles. The van der Waals surface area contributed by atoms with Crippen molar-refractivity contribution in [2.75, 3.05) is 6.54 Å². The van der Waals surface area contributed by atoms with Gasteiger partial charge in [0, 0.05) is 23.9 Å². The van der Waals surface area contributed by atoms with Crippen molar-refractivity contribution in [1.29, 1.82) is 0 Å². The summed E-state index contributed by atoms with van der Waals surface area (Å²) in [5.41, 5.74) is 2.82. The van der Waals surface area contributed by atoms with Gasteiger partial charge in [0.15, 0.2) is 5.65 Å². The summed E-state index contributed by atoms with van der Waals surface area (Å²) >= 11 is 0. The minimum atomic E-state index is -0.424. The van der Waals surface area contributed by atoms with Crippen LogP contribution in [0.3, 0.4) is 0 Å². The van der Waals surface area contributed by atoms with Gasteiger partial charge in [0.2, 0.25) is 5.91 Å². The zero-order valence-electron chi connectivity index (χ0n) is 15.7. The maximum Gasteiger partial charge on any atom is 0.276 e. The van der Waals surface area contributed by atoms with E-state index in [-0.39, 0.29) is 17.5 Å². The lowest BCUT2D eigenvalue weighted by Gasteiger charge is -2.26. The van der Waals surface area contributed by atoms with E-state index in [0.717, 1.165) is 24.2 Å². The number of amides is 1. The number of likely N-dealkylation sites (tertiary alicyclic amines) is 1. The number of aryl methyl sites for hydroxylation is 1. The molecule has 142 valence electrons. The highest BCUT2D eigenvalue weighted by molar-refractivity contribution is 5.80. The van der Waals surface area contributed by atoms with Gasteiger partial charge in [-0.25, -0.2) is 19.2 Å². The fraction of sp³-hybridized carbons (Fsp3) is 0.500. The molecule has 2 atom stereocenters. The number of aromatic nitrogens is 6. The first kappa shape index (κ1) is 17.4. The zero-order chi connectivity index (χ0) is 19.1. The predicted octanol–water partition coefficient (Wildman–Crippen LogP) is 1.41. The predicted molar refractivity (Wildman–Crippen MR) is 98.3 cm³/mol. The molecule has 4 rings (SSSR count). The topological polar surface area (TPSA) is 101 Å². The number of nitrogens with one attached hydrogen (secondary N) is 1. The second-order valence-corrected chi connectivity index (χ2v) is 6.98. The highest BCUT2D eigenvalue weighted by atomic mass is 16.2. The van der Waals surface area contributed by atoms with Crippen LogP contribution in [-0.4, -0.2) is 46.7 Å². The van der Waals surface area contributed by atoms with Crippen LogP contribution in [0.2, 0.25) is 0 Å². The molecule has 0 aliphatic carbocycles. The third-order valence-corrected chi connectivity index (χ3v) is 5.37. The SMILES string of the molecule is CCc1c(C)nc2cc([C@H]3CCCN3C(=O)[C@H](C)n3cncn3)[nH]n2c1=O. The minimum Gasteiger partial charge on any atom is -0.332 e. The van der Waals surface area contributed by atoms with Gasteiger partial charge < -0.3 is 4.90 Å².